The maximum absolute atomic E-state index is 10.1. The van der Waals surface area contributed by atoms with E-state index in [4.69, 9.17) is 0 Å². The number of rotatable bonds is 2. The van der Waals surface area contributed by atoms with E-state index >= 15 is 0 Å². The number of carbonyl (C=O) groups is 1. The standard InChI is InChI=1S/C8H9.C7H6O2.Zn/c1-2-8-6-4-3-5-7-8;8-7(9)6-4-2-1-3-5-6;/h2-7H,1H3;1-5H,(H,8,9);/q-1;;+2/p-1. The van der Waals surface area contributed by atoms with Gasteiger partial charge in [-0.3, -0.25) is 0 Å². The van der Waals surface area contributed by atoms with Crippen LogP contribution in [0.25, 0.3) is 0 Å². The molecular formula is C15H14O2Zn. The number of aromatic carboxylic acids is 1. The minimum absolute atomic E-state index is 0. The molecule has 88 valence electrons. The molecule has 0 aliphatic heterocycles. The third-order valence-electron chi connectivity index (χ3n) is 2.14. The Balaban J connectivity index is 0.000000306. The Labute approximate surface area is 120 Å². The Morgan fingerprint density at radius 3 is 1.67 bits per heavy atom. The topological polar surface area (TPSA) is 40.1 Å². The second-order valence-electron chi connectivity index (χ2n) is 3.35. The summed E-state index contributed by atoms with van der Waals surface area (Å²) in [4.78, 5) is 10.1. The molecule has 0 saturated carbocycles. The Bertz CT molecular complexity index is 441. The van der Waals surface area contributed by atoms with Crippen molar-refractivity contribution in [3.05, 3.63) is 78.2 Å². The molecule has 3 heteroatoms. The molecule has 0 N–H and O–H groups in total. The van der Waals surface area contributed by atoms with Crippen LogP contribution in [-0.4, -0.2) is 5.97 Å². The zero-order valence-corrected chi connectivity index (χ0v) is 13.3. The van der Waals surface area contributed by atoms with Gasteiger partial charge in [-0.05, 0) is 5.56 Å². The van der Waals surface area contributed by atoms with Crippen LogP contribution in [0.15, 0.2) is 60.7 Å². The maximum Gasteiger partial charge on any atom is 2.00 e. The molecule has 0 unspecified atom stereocenters. The van der Waals surface area contributed by atoms with Crippen LogP contribution in [0, 0.1) is 6.42 Å². The summed E-state index contributed by atoms with van der Waals surface area (Å²) < 4.78 is 0. The minimum atomic E-state index is -1.13. The first kappa shape index (κ1) is 16.4. The second kappa shape index (κ2) is 9.44. The van der Waals surface area contributed by atoms with E-state index in [9.17, 15) is 9.90 Å². The number of carbonyl (C=O) groups excluding carboxylic acids is 1. The average Bonchev–Trinajstić information content (AvgIpc) is 2.41. The van der Waals surface area contributed by atoms with Crippen LogP contribution in [0.5, 0.6) is 0 Å². The summed E-state index contributed by atoms with van der Waals surface area (Å²) in [6.07, 6.45) is 2.08. The van der Waals surface area contributed by atoms with Crippen molar-refractivity contribution >= 4 is 5.97 Å². The van der Waals surface area contributed by atoms with E-state index in [0.29, 0.717) is 0 Å². The predicted octanol–water partition coefficient (Wildman–Crippen LogP) is 2.31. The molecule has 0 saturated heterocycles. The Hall–Kier alpha value is -1.60. The molecule has 2 rings (SSSR count). The third kappa shape index (κ3) is 6.22. The van der Waals surface area contributed by atoms with Gasteiger partial charge in [0.2, 0.25) is 0 Å². The van der Waals surface area contributed by atoms with Crippen LogP contribution >= 0.6 is 0 Å². The van der Waals surface area contributed by atoms with Crippen molar-refractivity contribution < 1.29 is 29.4 Å². The summed E-state index contributed by atoms with van der Waals surface area (Å²) in [6.45, 7) is 2.04. The largest absolute Gasteiger partial charge is 2.00 e. The number of hydrogen-bond acceptors (Lipinski definition) is 2. The summed E-state index contributed by atoms with van der Waals surface area (Å²) in [7, 11) is 0. The van der Waals surface area contributed by atoms with Crippen molar-refractivity contribution in [3.63, 3.8) is 0 Å². The van der Waals surface area contributed by atoms with Crippen LogP contribution in [0.2, 0.25) is 0 Å². The van der Waals surface area contributed by atoms with Gasteiger partial charge in [-0.2, -0.15) is 24.1 Å². The van der Waals surface area contributed by atoms with Crippen LogP contribution in [0.1, 0.15) is 22.8 Å². The third-order valence-corrected chi connectivity index (χ3v) is 2.14. The zero-order chi connectivity index (χ0) is 12.5. The van der Waals surface area contributed by atoms with E-state index in [0.717, 1.165) is 0 Å². The Morgan fingerprint density at radius 2 is 1.39 bits per heavy atom. The number of carboxylic acids is 1. The van der Waals surface area contributed by atoms with Crippen LogP contribution in [0.4, 0.5) is 0 Å². The monoisotopic (exact) mass is 290 g/mol. The molecule has 0 radical (unpaired) electrons. The molecule has 0 bridgehead atoms. The van der Waals surface area contributed by atoms with Gasteiger partial charge in [0.15, 0.2) is 0 Å². The molecule has 0 heterocycles. The van der Waals surface area contributed by atoms with Gasteiger partial charge in [-0.1, -0.05) is 43.3 Å². The van der Waals surface area contributed by atoms with E-state index < -0.39 is 5.97 Å². The quantitative estimate of drug-likeness (QED) is 0.629. The van der Waals surface area contributed by atoms with Crippen molar-refractivity contribution in [3.8, 4) is 0 Å². The molecule has 2 aromatic carbocycles. The van der Waals surface area contributed by atoms with Gasteiger partial charge in [-0.25, -0.2) is 0 Å². The summed E-state index contributed by atoms with van der Waals surface area (Å²) in [5.74, 6) is -1.13. The van der Waals surface area contributed by atoms with Crippen LogP contribution in [-0.2, 0) is 19.5 Å². The van der Waals surface area contributed by atoms with Gasteiger partial charge in [0, 0.05) is 0 Å². The van der Waals surface area contributed by atoms with Crippen molar-refractivity contribution in [2.24, 2.45) is 0 Å². The zero-order valence-electron chi connectivity index (χ0n) is 10.4. The van der Waals surface area contributed by atoms with Crippen molar-refractivity contribution in [2.45, 2.75) is 6.92 Å². The first-order valence-electron chi connectivity index (χ1n) is 5.35. The molecule has 0 aromatic heterocycles. The van der Waals surface area contributed by atoms with E-state index in [1.807, 2.05) is 25.1 Å². The Morgan fingerprint density at radius 1 is 0.944 bits per heavy atom. The molecule has 18 heavy (non-hydrogen) atoms. The van der Waals surface area contributed by atoms with Crippen LogP contribution in [0.3, 0.4) is 0 Å². The first-order chi connectivity index (χ1) is 8.24. The second-order valence-corrected chi connectivity index (χ2v) is 3.35. The summed E-state index contributed by atoms with van der Waals surface area (Å²) in [5, 5.41) is 10.1. The van der Waals surface area contributed by atoms with Crippen molar-refractivity contribution in [2.75, 3.05) is 0 Å². The fourth-order valence-electron chi connectivity index (χ4n) is 1.22. The molecule has 0 amide bonds. The van der Waals surface area contributed by atoms with Crippen LogP contribution < -0.4 is 5.11 Å². The molecule has 0 spiro atoms. The molecule has 2 nitrogen and oxygen atoms in total. The smallest absolute Gasteiger partial charge is 0.545 e. The molecule has 2 aromatic rings. The van der Waals surface area contributed by atoms with Gasteiger partial charge in [0.05, 0.1) is 5.97 Å². The summed E-state index contributed by atoms with van der Waals surface area (Å²) in [5.41, 5.74) is 1.50. The van der Waals surface area contributed by atoms with Gasteiger partial charge < -0.3 is 9.90 Å². The number of hydrogen-bond donors (Lipinski definition) is 0. The minimum Gasteiger partial charge on any atom is -0.545 e. The molecule has 0 aliphatic rings. The molecular weight excluding hydrogens is 278 g/mol. The number of benzene rings is 2. The molecule has 0 atom stereocenters. The summed E-state index contributed by atoms with van der Waals surface area (Å²) >= 11 is 0. The maximum atomic E-state index is 10.1. The van der Waals surface area contributed by atoms with E-state index in [2.05, 4.69) is 18.6 Å². The Kier molecular flexibility index (Phi) is 8.60. The van der Waals surface area contributed by atoms with Gasteiger partial charge in [0.25, 0.3) is 0 Å². The fraction of sp³-hybridized carbons (Fsp3) is 0.0667. The fourth-order valence-corrected chi connectivity index (χ4v) is 1.22. The SMILES string of the molecule is C[CH-]c1ccccc1.O=C([O-])c1ccccc1.[Zn+2]. The first-order valence-corrected chi connectivity index (χ1v) is 5.35. The van der Waals surface area contributed by atoms with E-state index in [-0.39, 0.29) is 25.0 Å². The summed E-state index contributed by atoms with van der Waals surface area (Å²) in [6, 6.07) is 18.3. The van der Waals surface area contributed by atoms with Crippen molar-refractivity contribution in [1.82, 2.24) is 0 Å². The number of carboxylic acid groups (broad SMARTS) is 1. The van der Waals surface area contributed by atoms with E-state index in [1.165, 1.54) is 17.7 Å². The van der Waals surface area contributed by atoms with Gasteiger partial charge in [-0.15, -0.1) is 12.1 Å². The van der Waals surface area contributed by atoms with Gasteiger partial charge >= 0.3 is 19.5 Å². The normalized spacial score (nSPS) is 8.28. The van der Waals surface area contributed by atoms with Gasteiger partial charge in [0.1, 0.15) is 0 Å². The van der Waals surface area contributed by atoms with E-state index in [1.54, 1.807) is 18.2 Å². The predicted molar refractivity (Wildman–Crippen MR) is 66.3 cm³/mol. The molecule has 0 aliphatic carbocycles. The average molecular weight is 292 g/mol. The van der Waals surface area contributed by atoms with Crippen molar-refractivity contribution in [1.29, 1.82) is 0 Å². The molecule has 0 fully saturated rings.